The predicted octanol–water partition coefficient (Wildman–Crippen LogP) is 3.61. The average Bonchev–Trinajstić information content (AvgIpc) is 2.54. The van der Waals surface area contributed by atoms with Crippen molar-refractivity contribution in [3.8, 4) is 0 Å². The van der Waals surface area contributed by atoms with Gasteiger partial charge in [-0.3, -0.25) is 4.79 Å². The van der Waals surface area contributed by atoms with Crippen LogP contribution in [-0.2, 0) is 24.0 Å². The fraction of sp³-hybridized carbons (Fsp3) is 0.950. The van der Waals surface area contributed by atoms with Crippen molar-refractivity contribution >= 4 is 5.97 Å². The van der Waals surface area contributed by atoms with Crippen molar-refractivity contribution in [3.63, 3.8) is 0 Å². The van der Waals surface area contributed by atoms with E-state index in [4.69, 9.17) is 19.2 Å². The first-order valence-electron chi connectivity index (χ1n) is 10.2. The van der Waals surface area contributed by atoms with E-state index in [1.165, 1.54) is 39.0 Å². The lowest BCUT2D eigenvalue weighted by atomic mass is 9.46. The molecule has 6 rings (SSSR count). The Morgan fingerprint density at radius 1 is 0.920 bits per heavy atom. The van der Waals surface area contributed by atoms with E-state index in [1.807, 2.05) is 0 Å². The van der Waals surface area contributed by atoms with E-state index in [9.17, 15) is 4.79 Å². The van der Waals surface area contributed by atoms with Gasteiger partial charge in [-0.15, -0.1) is 0 Å². The van der Waals surface area contributed by atoms with Crippen LogP contribution < -0.4 is 0 Å². The molecular weight excluding hydrogens is 320 g/mol. The molecule has 6 fully saturated rings. The Bertz CT molecular complexity index is 528. The molecule has 5 saturated carbocycles. The topological polar surface area (TPSA) is 54.0 Å². The monoisotopic (exact) mass is 350 g/mol. The second-order valence-corrected chi connectivity index (χ2v) is 9.23. The molecule has 4 bridgehead atoms. The summed E-state index contributed by atoms with van der Waals surface area (Å²) in [6.45, 7) is 1.50. The van der Waals surface area contributed by atoms with Gasteiger partial charge in [-0.05, 0) is 81.5 Å². The molecule has 3 atom stereocenters. The van der Waals surface area contributed by atoms with Crippen LogP contribution in [0.4, 0.5) is 0 Å². The van der Waals surface area contributed by atoms with Gasteiger partial charge in [0.25, 0.3) is 0 Å². The summed E-state index contributed by atoms with van der Waals surface area (Å²) in [5.41, 5.74) is -0.266. The van der Waals surface area contributed by atoms with Crippen LogP contribution in [0.25, 0.3) is 0 Å². The van der Waals surface area contributed by atoms with Gasteiger partial charge in [0.2, 0.25) is 5.79 Å². The summed E-state index contributed by atoms with van der Waals surface area (Å²) in [7, 11) is 1.78. The maximum atomic E-state index is 11.4. The van der Waals surface area contributed by atoms with Gasteiger partial charge in [0.15, 0.2) is 5.60 Å². The fourth-order valence-electron chi connectivity index (χ4n) is 7.39. The van der Waals surface area contributed by atoms with Crippen LogP contribution in [0.15, 0.2) is 0 Å². The van der Waals surface area contributed by atoms with Gasteiger partial charge in [-0.2, -0.15) is 4.89 Å². The molecule has 0 aromatic carbocycles. The summed E-state index contributed by atoms with van der Waals surface area (Å²) in [6.07, 6.45) is 10.3. The Hall–Kier alpha value is -0.650. The number of ether oxygens (including phenoxy) is 2. The van der Waals surface area contributed by atoms with Crippen LogP contribution in [-0.4, -0.2) is 30.6 Å². The third kappa shape index (κ3) is 2.15. The first-order valence-corrected chi connectivity index (χ1v) is 10.2. The van der Waals surface area contributed by atoms with Gasteiger partial charge in [0.05, 0.1) is 0 Å². The highest BCUT2D eigenvalue weighted by atomic mass is 17.3. The van der Waals surface area contributed by atoms with Crippen LogP contribution in [0, 0.1) is 29.6 Å². The first kappa shape index (κ1) is 16.5. The largest absolute Gasteiger partial charge is 0.463 e. The normalized spacial score (nSPS) is 53.7. The standard InChI is InChI=1S/C20H30O5/c1-12(21)23-18-5-3-4-15(11-18)20(22-2)19(24-25-20)16-7-13-6-14(9-16)10-17(19)8-13/h13-18H,3-11H2,1-2H3. The highest BCUT2D eigenvalue weighted by Crippen LogP contribution is 2.69. The van der Waals surface area contributed by atoms with Crippen LogP contribution >= 0.6 is 0 Å². The number of hydrogen-bond donors (Lipinski definition) is 0. The highest BCUT2D eigenvalue weighted by Gasteiger charge is 2.77. The summed E-state index contributed by atoms with van der Waals surface area (Å²) >= 11 is 0. The van der Waals surface area contributed by atoms with E-state index in [0.29, 0.717) is 11.8 Å². The third-order valence-electron chi connectivity index (χ3n) is 8.00. The Kier molecular flexibility index (Phi) is 3.75. The summed E-state index contributed by atoms with van der Waals surface area (Å²) in [5, 5.41) is 0. The summed E-state index contributed by atoms with van der Waals surface area (Å²) in [5.74, 6) is 2.29. The third-order valence-corrected chi connectivity index (χ3v) is 8.00. The Labute approximate surface area is 149 Å². The van der Waals surface area contributed by atoms with Gasteiger partial charge in [0, 0.05) is 20.0 Å². The lowest BCUT2D eigenvalue weighted by molar-refractivity contribution is -0.647. The minimum Gasteiger partial charge on any atom is -0.463 e. The molecule has 5 nitrogen and oxygen atoms in total. The smallest absolute Gasteiger partial charge is 0.302 e. The van der Waals surface area contributed by atoms with Crippen molar-refractivity contribution in [1.82, 2.24) is 0 Å². The SMILES string of the molecule is COC1(C2CCCC(OC(C)=O)C2)OOC12C1CC3CC(C1)CC2C3. The van der Waals surface area contributed by atoms with E-state index < -0.39 is 5.79 Å². The van der Waals surface area contributed by atoms with Gasteiger partial charge in [-0.25, -0.2) is 4.89 Å². The molecule has 5 aliphatic carbocycles. The lowest BCUT2D eigenvalue weighted by Gasteiger charge is -2.70. The summed E-state index contributed by atoms with van der Waals surface area (Å²) in [4.78, 5) is 23.3. The minimum atomic E-state index is -0.644. The van der Waals surface area contributed by atoms with Crippen LogP contribution in [0.5, 0.6) is 0 Å². The van der Waals surface area contributed by atoms with Crippen molar-refractivity contribution in [2.75, 3.05) is 7.11 Å². The average molecular weight is 350 g/mol. The molecule has 0 aromatic rings. The van der Waals surface area contributed by atoms with E-state index in [1.54, 1.807) is 7.11 Å². The zero-order valence-corrected chi connectivity index (χ0v) is 15.4. The summed E-state index contributed by atoms with van der Waals surface area (Å²) in [6, 6.07) is 0. The van der Waals surface area contributed by atoms with Gasteiger partial charge < -0.3 is 9.47 Å². The molecule has 25 heavy (non-hydrogen) atoms. The van der Waals surface area contributed by atoms with Gasteiger partial charge in [-0.1, -0.05) is 0 Å². The highest BCUT2D eigenvalue weighted by molar-refractivity contribution is 5.66. The molecule has 0 radical (unpaired) electrons. The molecule has 140 valence electrons. The molecule has 3 unspecified atom stereocenters. The second kappa shape index (κ2) is 5.67. The maximum absolute atomic E-state index is 11.4. The number of esters is 1. The van der Waals surface area contributed by atoms with Crippen LogP contribution in [0.2, 0.25) is 0 Å². The van der Waals surface area contributed by atoms with E-state index in [0.717, 1.165) is 37.5 Å². The molecule has 6 aliphatic rings. The number of carbonyl (C=O) groups is 1. The number of carbonyl (C=O) groups excluding carboxylic acids is 1. The molecule has 1 heterocycles. The van der Waals surface area contributed by atoms with Crippen molar-refractivity contribution in [2.24, 2.45) is 29.6 Å². The van der Waals surface area contributed by atoms with Crippen molar-refractivity contribution in [3.05, 3.63) is 0 Å². The molecule has 0 amide bonds. The Morgan fingerprint density at radius 2 is 1.60 bits per heavy atom. The van der Waals surface area contributed by atoms with Crippen LogP contribution in [0.1, 0.15) is 64.7 Å². The second-order valence-electron chi connectivity index (χ2n) is 9.23. The Balaban J connectivity index is 1.43. The van der Waals surface area contributed by atoms with E-state index >= 15 is 0 Å². The zero-order chi connectivity index (χ0) is 17.2. The molecule has 1 aliphatic heterocycles. The van der Waals surface area contributed by atoms with E-state index in [2.05, 4.69) is 0 Å². The minimum absolute atomic E-state index is 0.0126. The molecule has 0 N–H and O–H groups in total. The molecule has 1 saturated heterocycles. The van der Waals surface area contributed by atoms with Gasteiger partial charge >= 0.3 is 5.97 Å². The fourth-order valence-corrected chi connectivity index (χ4v) is 7.39. The van der Waals surface area contributed by atoms with Crippen molar-refractivity contribution in [1.29, 1.82) is 0 Å². The number of hydrogen-bond acceptors (Lipinski definition) is 5. The van der Waals surface area contributed by atoms with Gasteiger partial charge in [0.1, 0.15) is 6.10 Å². The van der Waals surface area contributed by atoms with Crippen LogP contribution in [0.3, 0.4) is 0 Å². The first-order chi connectivity index (χ1) is 12.1. The quantitative estimate of drug-likeness (QED) is 0.575. The number of methoxy groups -OCH3 is 1. The van der Waals surface area contributed by atoms with Crippen molar-refractivity contribution in [2.45, 2.75) is 82.2 Å². The molecule has 0 aromatic heterocycles. The lowest BCUT2D eigenvalue weighted by Crippen LogP contribution is -2.80. The summed E-state index contributed by atoms with van der Waals surface area (Å²) < 4.78 is 11.7. The molecule has 5 heteroatoms. The Morgan fingerprint density at radius 3 is 2.12 bits per heavy atom. The molecule has 1 spiro atoms. The van der Waals surface area contributed by atoms with E-state index in [-0.39, 0.29) is 23.6 Å². The van der Waals surface area contributed by atoms with Crippen molar-refractivity contribution < 1.29 is 24.0 Å². The predicted molar refractivity (Wildman–Crippen MR) is 89.2 cm³/mol. The number of rotatable bonds is 3. The maximum Gasteiger partial charge on any atom is 0.302 e. The zero-order valence-electron chi connectivity index (χ0n) is 15.4. The molecular formula is C20H30O5.